The third-order valence-electron chi connectivity index (χ3n) is 2.90. The van der Waals surface area contributed by atoms with Gasteiger partial charge in [-0.3, -0.25) is 0 Å². The van der Waals surface area contributed by atoms with Gasteiger partial charge in [-0.15, -0.1) is 0 Å². The second-order valence-electron chi connectivity index (χ2n) is 4.75. The number of nitrogens with one attached hydrogen (secondary N) is 1. The molecule has 112 valence electrons. The van der Waals surface area contributed by atoms with E-state index in [1.54, 1.807) is 0 Å². The minimum Gasteiger partial charge on any atom is -0.339 e. The van der Waals surface area contributed by atoms with E-state index in [1.807, 2.05) is 13.8 Å². The second-order valence-corrected chi connectivity index (χ2v) is 5.11. The molecule has 7 heteroatoms. The van der Waals surface area contributed by atoms with Crippen LogP contribution in [0.15, 0.2) is 30.6 Å². The van der Waals surface area contributed by atoms with Gasteiger partial charge in [-0.25, -0.2) is 9.97 Å². The molecule has 3 nitrogen and oxygen atoms in total. The summed E-state index contributed by atoms with van der Waals surface area (Å²) in [6, 6.07) is 5.23. The fourth-order valence-electron chi connectivity index (χ4n) is 1.95. The highest BCUT2D eigenvalue weighted by Crippen LogP contribution is 2.37. The monoisotopic (exact) mass is 315 g/mol. The number of hydrogen-bond acceptors (Lipinski definition) is 3. The fraction of sp³-hybridized carbons (Fsp3) is 0.286. The molecule has 0 fully saturated rings. The smallest absolute Gasteiger partial charge is 0.339 e. The van der Waals surface area contributed by atoms with Gasteiger partial charge in [-0.1, -0.05) is 37.6 Å². The van der Waals surface area contributed by atoms with Crippen molar-refractivity contribution in [1.29, 1.82) is 0 Å². The first-order chi connectivity index (χ1) is 9.80. The van der Waals surface area contributed by atoms with E-state index in [0.717, 1.165) is 6.07 Å². The highest BCUT2D eigenvalue weighted by Gasteiger charge is 2.33. The zero-order valence-corrected chi connectivity index (χ0v) is 12.1. The van der Waals surface area contributed by atoms with Crippen molar-refractivity contribution in [2.24, 2.45) is 0 Å². The van der Waals surface area contributed by atoms with Gasteiger partial charge in [0.05, 0.1) is 11.3 Å². The summed E-state index contributed by atoms with van der Waals surface area (Å²) in [6.45, 7) is 3.73. The molecule has 0 aliphatic heterocycles. The van der Waals surface area contributed by atoms with Crippen LogP contribution in [0, 0.1) is 0 Å². The average molecular weight is 316 g/mol. The Morgan fingerprint density at radius 2 is 1.81 bits per heavy atom. The fourth-order valence-corrected chi connectivity index (χ4v) is 2.30. The second kappa shape index (κ2) is 5.89. The minimum atomic E-state index is -4.45. The Hall–Kier alpha value is -1.82. The van der Waals surface area contributed by atoms with E-state index in [4.69, 9.17) is 11.6 Å². The van der Waals surface area contributed by atoms with Crippen molar-refractivity contribution < 1.29 is 13.2 Å². The lowest BCUT2D eigenvalue weighted by atomic mass is 10.1. The summed E-state index contributed by atoms with van der Waals surface area (Å²) in [7, 11) is 0. The SMILES string of the molecule is CC(C)c1c(Cl)ncnc1Nc1ccccc1C(F)(F)F. The van der Waals surface area contributed by atoms with Crippen molar-refractivity contribution in [3.8, 4) is 0 Å². The highest BCUT2D eigenvalue weighted by molar-refractivity contribution is 6.30. The minimum absolute atomic E-state index is 0.0285. The van der Waals surface area contributed by atoms with Crippen LogP contribution in [0.1, 0.15) is 30.9 Å². The summed E-state index contributed by atoms with van der Waals surface area (Å²) in [5.41, 5.74) is -0.243. The number of halogens is 4. The Labute approximate surface area is 125 Å². The normalized spacial score (nSPS) is 11.8. The summed E-state index contributed by atoms with van der Waals surface area (Å²) < 4.78 is 39.0. The van der Waals surface area contributed by atoms with Crippen molar-refractivity contribution in [1.82, 2.24) is 9.97 Å². The van der Waals surface area contributed by atoms with E-state index >= 15 is 0 Å². The van der Waals surface area contributed by atoms with Gasteiger partial charge in [0.1, 0.15) is 17.3 Å². The number of anilines is 2. The molecule has 0 radical (unpaired) electrons. The van der Waals surface area contributed by atoms with Crippen molar-refractivity contribution in [2.45, 2.75) is 25.9 Å². The Kier molecular flexibility index (Phi) is 4.37. The molecule has 1 heterocycles. The Morgan fingerprint density at radius 1 is 1.14 bits per heavy atom. The molecule has 1 aromatic heterocycles. The quantitative estimate of drug-likeness (QED) is 0.808. The number of aromatic nitrogens is 2. The van der Waals surface area contributed by atoms with Crippen LogP contribution in [0.2, 0.25) is 5.15 Å². The molecule has 0 saturated heterocycles. The molecule has 0 unspecified atom stereocenters. The zero-order chi connectivity index (χ0) is 15.6. The predicted molar refractivity (Wildman–Crippen MR) is 75.9 cm³/mol. The van der Waals surface area contributed by atoms with E-state index in [0.29, 0.717) is 5.56 Å². The molecule has 0 saturated carbocycles. The zero-order valence-electron chi connectivity index (χ0n) is 11.4. The van der Waals surface area contributed by atoms with E-state index in [9.17, 15) is 13.2 Å². The maximum atomic E-state index is 13.0. The van der Waals surface area contributed by atoms with Gasteiger partial charge >= 0.3 is 6.18 Å². The third kappa shape index (κ3) is 3.44. The molecule has 1 aromatic carbocycles. The van der Waals surface area contributed by atoms with Crippen LogP contribution in [0.3, 0.4) is 0 Å². The number of alkyl halides is 3. The molecule has 0 spiro atoms. The van der Waals surface area contributed by atoms with Gasteiger partial charge in [0, 0.05) is 5.56 Å². The molecule has 2 aromatic rings. The number of benzene rings is 1. The van der Waals surface area contributed by atoms with E-state index < -0.39 is 11.7 Å². The van der Waals surface area contributed by atoms with Crippen LogP contribution in [0.5, 0.6) is 0 Å². The molecular weight excluding hydrogens is 303 g/mol. The maximum absolute atomic E-state index is 13.0. The Morgan fingerprint density at radius 3 is 2.43 bits per heavy atom. The van der Waals surface area contributed by atoms with Gasteiger partial charge in [0.2, 0.25) is 0 Å². The first-order valence-corrected chi connectivity index (χ1v) is 6.62. The predicted octanol–water partition coefficient (Wildman–Crippen LogP) is 5.02. The first-order valence-electron chi connectivity index (χ1n) is 6.24. The molecule has 2 rings (SSSR count). The Balaban J connectivity index is 2.47. The lowest BCUT2D eigenvalue weighted by Crippen LogP contribution is -2.10. The molecule has 0 bridgehead atoms. The number of hydrogen-bond donors (Lipinski definition) is 1. The summed E-state index contributed by atoms with van der Waals surface area (Å²) in [6.07, 6.45) is -3.23. The summed E-state index contributed by atoms with van der Waals surface area (Å²) in [5, 5.41) is 2.94. The van der Waals surface area contributed by atoms with Crippen LogP contribution in [-0.4, -0.2) is 9.97 Å². The van der Waals surface area contributed by atoms with Crippen LogP contribution in [0.25, 0.3) is 0 Å². The summed E-state index contributed by atoms with van der Waals surface area (Å²) >= 11 is 6.01. The van der Waals surface area contributed by atoms with Gasteiger partial charge in [0.25, 0.3) is 0 Å². The molecular formula is C14H13ClF3N3. The van der Waals surface area contributed by atoms with Crippen LogP contribution in [0.4, 0.5) is 24.7 Å². The maximum Gasteiger partial charge on any atom is 0.418 e. The largest absolute Gasteiger partial charge is 0.418 e. The summed E-state index contributed by atoms with van der Waals surface area (Å²) in [5.74, 6) is 0.251. The topological polar surface area (TPSA) is 37.8 Å². The van der Waals surface area contributed by atoms with Crippen molar-refractivity contribution in [2.75, 3.05) is 5.32 Å². The summed E-state index contributed by atoms with van der Waals surface area (Å²) in [4.78, 5) is 7.87. The van der Waals surface area contributed by atoms with E-state index in [2.05, 4.69) is 15.3 Å². The van der Waals surface area contributed by atoms with Crippen molar-refractivity contribution in [3.05, 3.63) is 46.9 Å². The molecule has 0 aliphatic carbocycles. The van der Waals surface area contributed by atoms with Gasteiger partial charge in [0.15, 0.2) is 0 Å². The average Bonchev–Trinajstić information content (AvgIpc) is 2.37. The lowest BCUT2D eigenvalue weighted by molar-refractivity contribution is -0.136. The molecule has 0 amide bonds. The third-order valence-corrected chi connectivity index (χ3v) is 3.20. The van der Waals surface area contributed by atoms with Gasteiger partial charge in [-0.05, 0) is 18.1 Å². The van der Waals surface area contributed by atoms with E-state index in [-0.39, 0.29) is 22.6 Å². The van der Waals surface area contributed by atoms with Crippen LogP contribution < -0.4 is 5.32 Å². The lowest BCUT2D eigenvalue weighted by Gasteiger charge is -2.17. The van der Waals surface area contributed by atoms with Gasteiger partial charge in [-0.2, -0.15) is 13.2 Å². The van der Waals surface area contributed by atoms with Crippen LogP contribution >= 0.6 is 11.6 Å². The van der Waals surface area contributed by atoms with Crippen molar-refractivity contribution >= 4 is 23.1 Å². The molecule has 0 atom stereocenters. The standard InChI is InChI=1S/C14H13ClF3N3/c1-8(2)11-12(15)19-7-20-13(11)21-10-6-4-3-5-9(10)14(16,17)18/h3-8H,1-2H3,(H,19,20,21). The van der Waals surface area contributed by atoms with Gasteiger partial charge < -0.3 is 5.32 Å². The highest BCUT2D eigenvalue weighted by atomic mass is 35.5. The number of para-hydroxylation sites is 1. The molecule has 1 N–H and O–H groups in total. The first kappa shape index (κ1) is 15.6. The number of rotatable bonds is 3. The van der Waals surface area contributed by atoms with E-state index in [1.165, 1.54) is 24.5 Å². The molecule has 0 aliphatic rings. The molecule has 21 heavy (non-hydrogen) atoms. The number of nitrogens with zero attached hydrogens (tertiary/aromatic N) is 2. The Bertz CT molecular complexity index is 642. The van der Waals surface area contributed by atoms with Crippen molar-refractivity contribution in [3.63, 3.8) is 0 Å². The van der Waals surface area contributed by atoms with Crippen LogP contribution in [-0.2, 0) is 6.18 Å².